The highest BCUT2D eigenvalue weighted by Gasteiger charge is 2.14. The normalized spacial score (nSPS) is 15.5. The molecule has 3 heterocycles. The number of hydrogen-bond donors (Lipinski definition) is 2. The highest BCUT2D eigenvalue weighted by atomic mass is 127. The molecule has 0 spiro atoms. The van der Waals surface area contributed by atoms with Gasteiger partial charge in [-0.3, -0.25) is 0 Å². The summed E-state index contributed by atoms with van der Waals surface area (Å²) in [6.45, 7) is 7.61. The van der Waals surface area contributed by atoms with Gasteiger partial charge in [0, 0.05) is 26.1 Å². The van der Waals surface area contributed by atoms with E-state index in [9.17, 15) is 0 Å². The van der Waals surface area contributed by atoms with Crippen LogP contribution in [0.2, 0.25) is 0 Å². The van der Waals surface area contributed by atoms with Crippen molar-refractivity contribution >= 4 is 41.3 Å². The van der Waals surface area contributed by atoms with E-state index < -0.39 is 0 Å². The smallest absolute Gasteiger partial charge is 0.191 e. The standard InChI is InChI=1S/C18H28N6S.HI/c1-3-19-18(20-11-14(2)15-8-10-25-13-15)21-12-17-23-22-16-7-5-4-6-9-24(16)17;/h8,10,13-14H,3-7,9,11-12H2,1-2H3,(H2,19,20,21);1H. The molecule has 0 bridgehead atoms. The topological polar surface area (TPSA) is 67.1 Å². The maximum absolute atomic E-state index is 4.72. The first kappa shape index (κ1) is 21.1. The van der Waals surface area contributed by atoms with E-state index in [1.165, 1.54) is 24.8 Å². The van der Waals surface area contributed by atoms with E-state index in [1.54, 1.807) is 11.3 Å². The molecule has 0 amide bonds. The third-order valence-corrected chi connectivity index (χ3v) is 5.30. The molecule has 0 saturated heterocycles. The van der Waals surface area contributed by atoms with Crippen molar-refractivity contribution in [2.75, 3.05) is 13.1 Å². The zero-order valence-electron chi connectivity index (χ0n) is 15.6. The number of guanidine groups is 1. The Morgan fingerprint density at radius 2 is 2.19 bits per heavy atom. The zero-order valence-corrected chi connectivity index (χ0v) is 18.7. The van der Waals surface area contributed by atoms with Crippen LogP contribution < -0.4 is 10.6 Å². The fourth-order valence-electron chi connectivity index (χ4n) is 3.08. The quantitative estimate of drug-likeness (QED) is 0.371. The average molecular weight is 488 g/mol. The monoisotopic (exact) mass is 488 g/mol. The summed E-state index contributed by atoms with van der Waals surface area (Å²) in [5, 5.41) is 19.8. The van der Waals surface area contributed by atoms with E-state index in [2.05, 4.69) is 56.1 Å². The van der Waals surface area contributed by atoms with Crippen LogP contribution in [0.3, 0.4) is 0 Å². The number of hydrogen-bond acceptors (Lipinski definition) is 4. The highest BCUT2D eigenvalue weighted by Crippen LogP contribution is 2.17. The van der Waals surface area contributed by atoms with Crippen LogP contribution in [-0.4, -0.2) is 33.8 Å². The molecule has 0 fully saturated rings. The van der Waals surface area contributed by atoms with Crippen molar-refractivity contribution < 1.29 is 0 Å². The SMILES string of the molecule is CCNC(=NCc1nnc2n1CCCCC2)NCC(C)c1ccsc1.I. The van der Waals surface area contributed by atoms with E-state index in [-0.39, 0.29) is 24.0 Å². The van der Waals surface area contributed by atoms with E-state index in [4.69, 9.17) is 4.99 Å². The number of thiophene rings is 1. The lowest BCUT2D eigenvalue weighted by Gasteiger charge is -2.15. The predicted molar refractivity (Wildman–Crippen MR) is 119 cm³/mol. The summed E-state index contributed by atoms with van der Waals surface area (Å²) in [5.41, 5.74) is 1.37. The van der Waals surface area contributed by atoms with E-state index in [0.29, 0.717) is 12.5 Å². The van der Waals surface area contributed by atoms with Crippen molar-refractivity contribution in [2.45, 2.75) is 58.5 Å². The molecule has 1 aliphatic rings. The van der Waals surface area contributed by atoms with Gasteiger partial charge in [0.15, 0.2) is 11.8 Å². The molecular weight excluding hydrogens is 459 g/mol. The van der Waals surface area contributed by atoms with E-state index in [1.807, 2.05) is 0 Å². The molecular formula is C18H29IN6S. The van der Waals surface area contributed by atoms with Gasteiger partial charge in [0.25, 0.3) is 0 Å². The van der Waals surface area contributed by atoms with Crippen LogP contribution in [0.4, 0.5) is 0 Å². The minimum absolute atomic E-state index is 0. The Hall–Kier alpha value is -1.16. The number of aliphatic imine (C=N–C) groups is 1. The van der Waals surface area contributed by atoms with Crippen molar-refractivity contribution in [1.29, 1.82) is 0 Å². The Labute approximate surface area is 176 Å². The summed E-state index contributed by atoms with van der Waals surface area (Å²) < 4.78 is 2.26. The first-order chi connectivity index (χ1) is 12.3. The molecule has 0 aliphatic carbocycles. The Morgan fingerprint density at radius 1 is 1.31 bits per heavy atom. The minimum Gasteiger partial charge on any atom is -0.357 e. The summed E-state index contributed by atoms with van der Waals surface area (Å²) >= 11 is 1.74. The summed E-state index contributed by atoms with van der Waals surface area (Å²) in [6, 6.07) is 2.19. The summed E-state index contributed by atoms with van der Waals surface area (Å²) in [6.07, 6.45) is 4.73. The number of aromatic nitrogens is 3. The molecule has 2 aromatic heterocycles. The van der Waals surface area contributed by atoms with Crippen molar-refractivity contribution in [1.82, 2.24) is 25.4 Å². The minimum atomic E-state index is 0. The molecule has 1 atom stereocenters. The van der Waals surface area contributed by atoms with Gasteiger partial charge in [0.05, 0.1) is 0 Å². The number of fused-ring (bicyclic) bond motifs is 1. The van der Waals surface area contributed by atoms with Gasteiger partial charge in [0.1, 0.15) is 12.4 Å². The van der Waals surface area contributed by atoms with Crippen LogP contribution in [0.25, 0.3) is 0 Å². The molecule has 2 N–H and O–H groups in total. The van der Waals surface area contributed by atoms with Gasteiger partial charge in [0.2, 0.25) is 0 Å². The highest BCUT2D eigenvalue weighted by molar-refractivity contribution is 14.0. The summed E-state index contributed by atoms with van der Waals surface area (Å²) in [4.78, 5) is 4.72. The number of nitrogens with one attached hydrogen (secondary N) is 2. The van der Waals surface area contributed by atoms with Gasteiger partial charge in [-0.25, -0.2) is 4.99 Å². The summed E-state index contributed by atoms with van der Waals surface area (Å²) in [5.74, 6) is 3.39. The lowest BCUT2D eigenvalue weighted by Crippen LogP contribution is -2.39. The molecule has 1 unspecified atom stereocenters. The van der Waals surface area contributed by atoms with E-state index in [0.717, 1.165) is 43.7 Å². The van der Waals surface area contributed by atoms with Crippen LogP contribution in [0.5, 0.6) is 0 Å². The second kappa shape index (κ2) is 10.9. The molecule has 144 valence electrons. The molecule has 6 nitrogen and oxygen atoms in total. The van der Waals surface area contributed by atoms with Gasteiger partial charge in [-0.15, -0.1) is 34.2 Å². The lowest BCUT2D eigenvalue weighted by atomic mass is 10.1. The molecule has 0 aromatic carbocycles. The third kappa shape index (κ3) is 5.67. The van der Waals surface area contributed by atoms with Crippen LogP contribution in [0.15, 0.2) is 21.8 Å². The van der Waals surface area contributed by atoms with Crippen molar-refractivity contribution in [2.24, 2.45) is 4.99 Å². The molecule has 26 heavy (non-hydrogen) atoms. The zero-order chi connectivity index (χ0) is 17.5. The number of aryl methyl sites for hydroxylation is 1. The fraction of sp³-hybridized carbons (Fsp3) is 0.611. The van der Waals surface area contributed by atoms with Gasteiger partial charge in [-0.1, -0.05) is 13.3 Å². The molecule has 2 aromatic rings. The largest absolute Gasteiger partial charge is 0.357 e. The van der Waals surface area contributed by atoms with Crippen LogP contribution in [0, 0.1) is 0 Å². The van der Waals surface area contributed by atoms with Crippen molar-refractivity contribution in [3.63, 3.8) is 0 Å². The van der Waals surface area contributed by atoms with Gasteiger partial charge < -0.3 is 15.2 Å². The molecule has 8 heteroatoms. The second-order valence-electron chi connectivity index (χ2n) is 6.53. The number of halogens is 1. The molecule has 1 aliphatic heterocycles. The number of nitrogens with zero attached hydrogens (tertiary/aromatic N) is 4. The first-order valence-corrected chi connectivity index (χ1v) is 10.2. The maximum atomic E-state index is 4.72. The Kier molecular flexibility index (Phi) is 8.83. The van der Waals surface area contributed by atoms with Crippen molar-refractivity contribution in [3.8, 4) is 0 Å². The van der Waals surface area contributed by atoms with Gasteiger partial charge in [-0.05, 0) is 48.1 Å². The average Bonchev–Trinajstić information content (AvgIpc) is 3.23. The third-order valence-electron chi connectivity index (χ3n) is 4.60. The predicted octanol–water partition coefficient (Wildman–Crippen LogP) is 3.54. The maximum Gasteiger partial charge on any atom is 0.191 e. The molecule has 0 saturated carbocycles. The summed E-state index contributed by atoms with van der Waals surface area (Å²) in [7, 11) is 0. The van der Waals surface area contributed by atoms with Crippen LogP contribution >= 0.6 is 35.3 Å². The van der Waals surface area contributed by atoms with Crippen LogP contribution in [-0.2, 0) is 19.5 Å². The molecule has 3 rings (SSSR count). The lowest BCUT2D eigenvalue weighted by molar-refractivity contribution is 0.605. The number of rotatable bonds is 6. The Morgan fingerprint density at radius 3 is 2.96 bits per heavy atom. The first-order valence-electron chi connectivity index (χ1n) is 9.23. The van der Waals surface area contributed by atoms with Gasteiger partial charge >= 0.3 is 0 Å². The Balaban J connectivity index is 0.00000243. The van der Waals surface area contributed by atoms with Crippen LogP contribution in [0.1, 0.15) is 56.2 Å². The molecule has 0 radical (unpaired) electrons. The van der Waals surface area contributed by atoms with E-state index >= 15 is 0 Å². The Bertz CT molecular complexity index is 682. The second-order valence-corrected chi connectivity index (χ2v) is 7.31. The van der Waals surface area contributed by atoms with Crippen molar-refractivity contribution in [3.05, 3.63) is 34.0 Å². The van der Waals surface area contributed by atoms with Gasteiger partial charge in [-0.2, -0.15) is 11.3 Å². The fourth-order valence-corrected chi connectivity index (χ4v) is 3.86.